The fourth-order valence-corrected chi connectivity index (χ4v) is 3.40. The van der Waals surface area contributed by atoms with Crippen molar-refractivity contribution < 1.29 is 9.90 Å². The summed E-state index contributed by atoms with van der Waals surface area (Å²) in [6, 6.07) is 0.437. The van der Waals surface area contributed by atoms with Crippen LogP contribution in [-0.4, -0.2) is 39.6 Å². The number of halogens is 1. The largest absolute Gasteiger partial charge is 0.393 e. The van der Waals surface area contributed by atoms with E-state index < -0.39 is 5.54 Å². The predicted molar refractivity (Wildman–Crippen MR) is 73.6 cm³/mol. The Morgan fingerprint density at radius 1 is 1.39 bits per heavy atom. The third-order valence-electron chi connectivity index (χ3n) is 4.20. The van der Waals surface area contributed by atoms with Crippen molar-refractivity contribution >= 4 is 18.3 Å². The minimum Gasteiger partial charge on any atom is -0.393 e. The van der Waals surface area contributed by atoms with Crippen LogP contribution in [0.5, 0.6) is 0 Å². The lowest BCUT2D eigenvalue weighted by atomic mass is 9.91. The number of amides is 1. The SMILES string of the molecule is CCCC(C)(N)C(=O)N1C2CCC1CC(O)C2.Cl. The highest BCUT2D eigenvalue weighted by molar-refractivity contribution is 5.86. The van der Waals surface area contributed by atoms with Crippen molar-refractivity contribution in [3.05, 3.63) is 0 Å². The molecule has 2 rings (SSSR count). The number of hydrogen-bond donors (Lipinski definition) is 2. The number of aliphatic hydroxyl groups excluding tert-OH is 1. The van der Waals surface area contributed by atoms with Gasteiger partial charge in [-0.25, -0.2) is 0 Å². The molecular formula is C13H25ClN2O2. The Morgan fingerprint density at radius 2 is 1.89 bits per heavy atom. The van der Waals surface area contributed by atoms with Gasteiger partial charge < -0.3 is 15.7 Å². The Kier molecular flexibility index (Phi) is 5.04. The van der Waals surface area contributed by atoms with E-state index in [2.05, 4.69) is 0 Å². The van der Waals surface area contributed by atoms with Gasteiger partial charge >= 0.3 is 0 Å². The molecule has 0 spiro atoms. The van der Waals surface area contributed by atoms with E-state index in [0.29, 0.717) is 0 Å². The fourth-order valence-electron chi connectivity index (χ4n) is 3.40. The molecule has 0 aromatic carbocycles. The second-order valence-electron chi connectivity index (χ2n) is 5.89. The summed E-state index contributed by atoms with van der Waals surface area (Å²) in [7, 11) is 0. The first-order valence-electron chi connectivity index (χ1n) is 6.75. The summed E-state index contributed by atoms with van der Waals surface area (Å²) in [6.45, 7) is 3.89. The van der Waals surface area contributed by atoms with Crippen molar-refractivity contribution in [2.24, 2.45) is 5.73 Å². The van der Waals surface area contributed by atoms with Gasteiger partial charge in [-0.1, -0.05) is 13.3 Å². The maximum Gasteiger partial charge on any atom is 0.242 e. The number of fused-ring (bicyclic) bond motifs is 2. The number of piperidine rings is 1. The van der Waals surface area contributed by atoms with Gasteiger partial charge in [0.2, 0.25) is 5.91 Å². The van der Waals surface area contributed by atoms with E-state index in [4.69, 9.17) is 5.73 Å². The molecule has 1 amide bonds. The highest BCUT2D eigenvalue weighted by Crippen LogP contribution is 2.37. The molecule has 4 nitrogen and oxygen atoms in total. The van der Waals surface area contributed by atoms with Crippen LogP contribution >= 0.6 is 12.4 Å². The average molecular weight is 277 g/mol. The zero-order valence-electron chi connectivity index (χ0n) is 11.3. The lowest BCUT2D eigenvalue weighted by Crippen LogP contribution is -2.59. The van der Waals surface area contributed by atoms with Gasteiger partial charge in [0, 0.05) is 12.1 Å². The Bertz CT molecular complexity index is 295. The average Bonchev–Trinajstić information content (AvgIpc) is 2.49. The molecule has 106 valence electrons. The summed E-state index contributed by atoms with van der Waals surface area (Å²) >= 11 is 0. The summed E-state index contributed by atoms with van der Waals surface area (Å²) in [5, 5.41) is 9.73. The zero-order valence-corrected chi connectivity index (χ0v) is 12.1. The number of carbonyl (C=O) groups is 1. The molecule has 5 heteroatoms. The van der Waals surface area contributed by atoms with Crippen molar-refractivity contribution in [3.63, 3.8) is 0 Å². The monoisotopic (exact) mass is 276 g/mol. The molecule has 2 heterocycles. The van der Waals surface area contributed by atoms with Gasteiger partial charge in [-0.3, -0.25) is 4.79 Å². The van der Waals surface area contributed by atoms with Gasteiger partial charge in [0.1, 0.15) is 0 Å². The standard InChI is InChI=1S/C13H24N2O2.ClH/c1-3-6-13(2,14)12(17)15-9-4-5-10(15)8-11(16)7-9;/h9-11,16H,3-8,14H2,1-2H3;1H. The van der Waals surface area contributed by atoms with E-state index in [1.807, 2.05) is 18.7 Å². The molecular weight excluding hydrogens is 252 g/mol. The fraction of sp³-hybridized carbons (Fsp3) is 0.923. The van der Waals surface area contributed by atoms with Gasteiger partial charge in [-0.15, -0.1) is 12.4 Å². The third kappa shape index (κ3) is 2.81. The van der Waals surface area contributed by atoms with Crippen LogP contribution in [0.2, 0.25) is 0 Å². The molecule has 0 aliphatic carbocycles. The Morgan fingerprint density at radius 3 is 2.33 bits per heavy atom. The molecule has 0 aromatic rings. The van der Waals surface area contributed by atoms with Crippen molar-refractivity contribution in [1.82, 2.24) is 4.90 Å². The molecule has 3 atom stereocenters. The van der Waals surface area contributed by atoms with Gasteiger partial charge in [0.05, 0.1) is 11.6 Å². The topological polar surface area (TPSA) is 66.6 Å². The number of carbonyl (C=O) groups excluding carboxylic acids is 1. The van der Waals surface area contributed by atoms with Crippen LogP contribution in [-0.2, 0) is 4.79 Å². The summed E-state index contributed by atoms with van der Waals surface area (Å²) in [5.74, 6) is 0.0822. The van der Waals surface area contributed by atoms with Crippen molar-refractivity contribution in [2.75, 3.05) is 0 Å². The first kappa shape index (κ1) is 15.7. The highest BCUT2D eigenvalue weighted by atomic mass is 35.5. The van der Waals surface area contributed by atoms with Crippen LogP contribution in [0.1, 0.15) is 52.4 Å². The number of hydrogen-bond acceptors (Lipinski definition) is 3. The second-order valence-corrected chi connectivity index (χ2v) is 5.89. The van der Waals surface area contributed by atoms with Crippen LogP contribution in [0.3, 0.4) is 0 Å². The normalized spacial score (nSPS) is 33.8. The quantitative estimate of drug-likeness (QED) is 0.820. The maximum atomic E-state index is 12.5. The van der Waals surface area contributed by atoms with Crippen LogP contribution in [0, 0.1) is 0 Å². The van der Waals surface area contributed by atoms with Crippen LogP contribution in [0.4, 0.5) is 0 Å². The number of rotatable bonds is 3. The Hall–Kier alpha value is -0.320. The minimum atomic E-state index is -0.738. The smallest absolute Gasteiger partial charge is 0.242 e. The van der Waals surface area contributed by atoms with E-state index in [9.17, 15) is 9.90 Å². The van der Waals surface area contributed by atoms with E-state index in [1.54, 1.807) is 0 Å². The lowest BCUT2D eigenvalue weighted by molar-refractivity contribution is -0.143. The molecule has 0 aromatic heterocycles. The molecule has 0 saturated carbocycles. The van der Waals surface area contributed by atoms with Crippen LogP contribution < -0.4 is 5.73 Å². The number of nitrogens with two attached hydrogens (primary N) is 1. The van der Waals surface area contributed by atoms with Crippen molar-refractivity contribution in [2.45, 2.75) is 76.1 Å². The summed E-state index contributed by atoms with van der Waals surface area (Å²) in [5.41, 5.74) is 5.40. The van der Waals surface area contributed by atoms with Gasteiger partial charge in [-0.05, 0) is 39.0 Å². The molecule has 2 bridgehead atoms. The van der Waals surface area contributed by atoms with Crippen molar-refractivity contribution in [1.29, 1.82) is 0 Å². The highest BCUT2D eigenvalue weighted by Gasteiger charge is 2.46. The molecule has 2 fully saturated rings. The van der Waals surface area contributed by atoms with Gasteiger partial charge in [0.25, 0.3) is 0 Å². The molecule has 2 saturated heterocycles. The van der Waals surface area contributed by atoms with E-state index >= 15 is 0 Å². The van der Waals surface area contributed by atoms with Gasteiger partial charge in [-0.2, -0.15) is 0 Å². The number of nitrogens with zero attached hydrogens (tertiary/aromatic N) is 1. The first-order valence-corrected chi connectivity index (χ1v) is 6.75. The zero-order chi connectivity index (χ0) is 12.6. The third-order valence-corrected chi connectivity index (χ3v) is 4.20. The summed E-state index contributed by atoms with van der Waals surface area (Å²) in [6.07, 6.45) is 4.92. The van der Waals surface area contributed by atoms with Crippen LogP contribution in [0.25, 0.3) is 0 Å². The van der Waals surface area contributed by atoms with Crippen LogP contribution in [0.15, 0.2) is 0 Å². The lowest BCUT2D eigenvalue weighted by Gasteiger charge is -2.41. The summed E-state index contributed by atoms with van der Waals surface area (Å²) in [4.78, 5) is 14.5. The Labute approximate surface area is 115 Å². The molecule has 0 radical (unpaired) electrons. The van der Waals surface area contributed by atoms with E-state index in [0.717, 1.165) is 38.5 Å². The molecule has 18 heavy (non-hydrogen) atoms. The maximum absolute atomic E-state index is 12.5. The Balaban J connectivity index is 0.00000162. The summed E-state index contributed by atoms with van der Waals surface area (Å²) < 4.78 is 0. The molecule has 2 aliphatic heterocycles. The number of aliphatic hydroxyl groups is 1. The minimum absolute atomic E-state index is 0. The van der Waals surface area contributed by atoms with Gasteiger partial charge in [0.15, 0.2) is 0 Å². The van der Waals surface area contributed by atoms with E-state index in [-0.39, 0.29) is 36.5 Å². The van der Waals surface area contributed by atoms with E-state index in [1.165, 1.54) is 0 Å². The molecule has 3 N–H and O–H groups in total. The molecule has 2 aliphatic rings. The second kappa shape index (κ2) is 5.76. The van der Waals surface area contributed by atoms with Crippen molar-refractivity contribution in [3.8, 4) is 0 Å². The molecule has 3 unspecified atom stereocenters. The predicted octanol–water partition coefficient (Wildman–Crippen LogP) is 1.44. The first-order chi connectivity index (χ1) is 7.95.